The van der Waals surface area contributed by atoms with Crippen molar-refractivity contribution < 1.29 is 13.9 Å². The summed E-state index contributed by atoms with van der Waals surface area (Å²) in [5.74, 6) is -0.418. The van der Waals surface area contributed by atoms with Crippen LogP contribution in [0.2, 0.25) is 0 Å². The van der Waals surface area contributed by atoms with Crippen molar-refractivity contribution in [1.82, 2.24) is 9.97 Å². The maximum absolute atomic E-state index is 14.0. The number of anilines is 1. The van der Waals surface area contributed by atoms with Gasteiger partial charge in [0.15, 0.2) is 11.6 Å². The third-order valence-electron chi connectivity index (χ3n) is 3.02. The summed E-state index contributed by atoms with van der Waals surface area (Å²) in [6, 6.07) is -0.404. The molecule has 0 amide bonds. The summed E-state index contributed by atoms with van der Waals surface area (Å²) in [4.78, 5) is 9.18. The lowest BCUT2D eigenvalue weighted by atomic mass is 10.2. The molecule has 1 aliphatic heterocycles. The van der Waals surface area contributed by atoms with Crippen LogP contribution in [0, 0.1) is 5.82 Å². The standard InChI is InChI=1S/C11H15F2N3O/c1-2-9-10(13)11(15-6-14-9)16-4-7(12)3-8(16)5-17/h6-8,17H,2-5H2,1H3/t7-,8-/m0/s1. The fourth-order valence-electron chi connectivity index (χ4n) is 2.13. The first-order chi connectivity index (χ1) is 8.17. The van der Waals surface area contributed by atoms with E-state index in [9.17, 15) is 8.78 Å². The maximum atomic E-state index is 14.0. The quantitative estimate of drug-likeness (QED) is 0.863. The number of halogens is 2. The minimum absolute atomic E-state index is 0.0717. The van der Waals surface area contributed by atoms with Crippen molar-refractivity contribution >= 4 is 5.82 Å². The van der Waals surface area contributed by atoms with Crippen molar-refractivity contribution in [2.45, 2.75) is 32.0 Å². The second-order valence-corrected chi connectivity index (χ2v) is 4.13. The third-order valence-corrected chi connectivity index (χ3v) is 3.02. The van der Waals surface area contributed by atoms with Crippen LogP contribution in [-0.4, -0.2) is 40.4 Å². The molecule has 2 rings (SSSR count). The topological polar surface area (TPSA) is 49.2 Å². The molecule has 1 aromatic rings. The van der Waals surface area contributed by atoms with Gasteiger partial charge in [-0.25, -0.2) is 18.7 Å². The molecule has 0 unspecified atom stereocenters. The number of rotatable bonds is 3. The molecule has 1 aliphatic rings. The predicted molar refractivity (Wildman–Crippen MR) is 59.1 cm³/mol. The third kappa shape index (κ3) is 2.22. The number of aliphatic hydroxyl groups is 1. The number of hydrogen-bond acceptors (Lipinski definition) is 4. The van der Waals surface area contributed by atoms with Crippen molar-refractivity contribution in [3.05, 3.63) is 17.8 Å². The van der Waals surface area contributed by atoms with E-state index in [1.807, 2.05) is 0 Å². The number of aryl methyl sites for hydroxylation is 1. The van der Waals surface area contributed by atoms with E-state index in [0.717, 1.165) is 0 Å². The SMILES string of the molecule is CCc1ncnc(N2C[C@@H](F)C[C@H]2CO)c1F. The van der Waals surface area contributed by atoms with Crippen LogP contribution in [0.25, 0.3) is 0 Å². The number of aromatic nitrogens is 2. The molecule has 0 bridgehead atoms. The van der Waals surface area contributed by atoms with Crippen molar-refractivity contribution in [3.63, 3.8) is 0 Å². The van der Waals surface area contributed by atoms with Crippen LogP contribution in [0.5, 0.6) is 0 Å². The first kappa shape index (κ1) is 12.2. The summed E-state index contributed by atoms with van der Waals surface area (Å²) in [5.41, 5.74) is 0.314. The molecule has 94 valence electrons. The van der Waals surface area contributed by atoms with Crippen LogP contribution in [0.1, 0.15) is 19.0 Å². The molecule has 1 fully saturated rings. The van der Waals surface area contributed by atoms with E-state index in [1.54, 1.807) is 6.92 Å². The van der Waals surface area contributed by atoms with Gasteiger partial charge in [-0.05, 0) is 6.42 Å². The van der Waals surface area contributed by atoms with E-state index >= 15 is 0 Å². The van der Waals surface area contributed by atoms with Gasteiger partial charge in [0.25, 0.3) is 0 Å². The number of aliphatic hydroxyl groups excluding tert-OH is 1. The van der Waals surface area contributed by atoms with Crippen molar-refractivity contribution in [3.8, 4) is 0 Å². The first-order valence-corrected chi connectivity index (χ1v) is 5.68. The van der Waals surface area contributed by atoms with Gasteiger partial charge in [-0.15, -0.1) is 0 Å². The summed E-state index contributed by atoms with van der Waals surface area (Å²) in [7, 11) is 0. The molecule has 2 heterocycles. The van der Waals surface area contributed by atoms with Crippen LogP contribution in [-0.2, 0) is 6.42 Å². The zero-order valence-corrected chi connectivity index (χ0v) is 9.61. The number of alkyl halides is 1. The first-order valence-electron chi connectivity index (χ1n) is 5.68. The minimum Gasteiger partial charge on any atom is -0.394 e. The van der Waals surface area contributed by atoms with Gasteiger partial charge < -0.3 is 10.0 Å². The highest BCUT2D eigenvalue weighted by Gasteiger charge is 2.34. The molecule has 6 heteroatoms. The van der Waals surface area contributed by atoms with Crippen LogP contribution in [0.15, 0.2) is 6.33 Å². The fraction of sp³-hybridized carbons (Fsp3) is 0.636. The van der Waals surface area contributed by atoms with E-state index in [0.29, 0.717) is 12.1 Å². The monoisotopic (exact) mass is 243 g/mol. The molecular formula is C11H15F2N3O. The van der Waals surface area contributed by atoms with Gasteiger partial charge in [0.2, 0.25) is 0 Å². The molecular weight excluding hydrogens is 228 g/mol. The highest BCUT2D eigenvalue weighted by atomic mass is 19.1. The van der Waals surface area contributed by atoms with E-state index in [-0.39, 0.29) is 25.4 Å². The summed E-state index contributed by atoms with van der Waals surface area (Å²) in [6.45, 7) is 1.66. The van der Waals surface area contributed by atoms with Crippen molar-refractivity contribution in [1.29, 1.82) is 0 Å². The average Bonchev–Trinajstić information content (AvgIpc) is 2.70. The van der Waals surface area contributed by atoms with E-state index in [2.05, 4.69) is 9.97 Å². The molecule has 4 nitrogen and oxygen atoms in total. The Morgan fingerprint density at radius 1 is 1.53 bits per heavy atom. The summed E-state index contributed by atoms with van der Waals surface area (Å²) < 4.78 is 27.3. The Labute approximate surface area is 98.3 Å². The molecule has 0 spiro atoms. The van der Waals surface area contributed by atoms with Crippen LogP contribution >= 0.6 is 0 Å². The molecule has 0 aliphatic carbocycles. The second kappa shape index (κ2) is 4.91. The Bertz CT molecular complexity index is 402. The van der Waals surface area contributed by atoms with Crippen molar-refractivity contribution in [2.24, 2.45) is 0 Å². The van der Waals surface area contributed by atoms with Crippen LogP contribution in [0.4, 0.5) is 14.6 Å². The molecule has 1 aromatic heterocycles. The van der Waals surface area contributed by atoms with Gasteiger partial charge in [-0.2, -0.15) is 0 Å². The Morgan fingerprint density at radius 2 is 2.29 bits per heavy atom. The van der Waals surface area contributed by atoms with Gasteiger partial charge >= 0.3 is 0 Å². The molecule has 0 aromatic carbocycles. The number of hydrogen-bond donors (Lipinski definition) is 1. The Balaban J connectivity index is 2.33. The lowest BCUT2D eigenvalue weighted by Gasteiger charge is -2.24. The smallest absolute Gasteiger partial charge is 0.187 e. The Hall–Kier alpha value is -1.30. The summed E-state index contributed by atoms with van der Waals surface area (Å²) in [6.07, 6.45) is 0.892. The normalized spacial score (nSPS) is 24.4. The average molecular weight is 243 g/mol. The zero-order chi connectivity index (χ0) is 12.4. The summed E-state index contributed by atoms with van der Waals surface area (Å²) >= 11 is 0. The highest BCUT2D eigenvalue weighted by Crippen LogP contribution is 2.28. The van der Waals surface area contributed by atoms with Crippen LogP contribution in [0.3, 0.4) is 0 Å². The minimum atomic E-state index is -1.05. The maximum Gasteiger partial charge on any atom is 0.187 e. The molecule has 1 saturated heterocycles. The van der Waals surface area contributed by atoms with Crippen LogP contribution < -0.4 is 4.90 Å². The molecule has 17 heavy (non-hydrogen) atoms. The van der Waals surface area contributed by atoms with Gasteiger partial charge in [-0.3, -0.25) is 0 Å². The van der Waals surface area contributed by atoms with Crippen molar-refractivity contribution in [2.75, 3.05) is 18.1 Å². The number of nitrogens with zero attached hydrogens (tertiary/aromatic N) is 3. The fourth-order valence-corrected chi connectivity index (χ4v) is 2.13. The van der Waals surface area contributed by atoms with E-state index < -0.39 is 18.0 Å². The second-order valence-electron chi connectivity index (χ2n) is 4.13. The van der Waals surface area contributed by atoms with Gasteiger partial charge in [0.05, 0.1) is 24.9 Å². The largest absolute Gasteiger partial charge is 0.394 e. The Kier molecular flexibility index (Phi) is 3.51. The molecule has 0 radical (unpaired) electrons. The lowest BCUT2D eigenvalue weighted by molar-refractivity contribution is 0.255. The van der Waals surface area contributed by atoms with Gasteiger partial charge in [-0.1, -0.05) is 6.92 Å². The molecule has 2 atom stereocenters. The summed E-state index contributed by atoms with van der Waals surface area (Å²) in [5, 5.41) is 9.16. The van der Waals surface area contributed by atoms with E-state index in [1.165, 1.54) is 11.2 Å². The van der Waals surface area contributed by atoms with Gasteiger partial charge in [0, 0.05) is 6.42 Å². The highest BCUT2D eigenvalue weighted by molar-refractivity contribution is 5.44. The van der Waals surface area contributed by atoms with E-state index in [4.69, 9.17) is 5.11 Å². The zero-order valence-electron chi connectivity index (χ0n) is 9.61. The molecule has 1 N–H and O–H groups in total. The molecule has 0 saturated carbocycles. The lowest BCUT2D eigenvalue weighted by Crippen LogP contribution is -2.34. The predicted octanol–water partition coefficient (Wildman–Crippen LogP) is 1.09. The van der Waals surface area contributed by atoms with Gasteiger partial charge in [0.1, 0.15) is 12.5 Å². The Morgan fingerprint density at radius 3 is 2.94 bits per heavy atom.